The minimum Gasteiger partial charge on any atom is -0.497 e. The molecule has 6 nitrogen and oxygen atoms in total. The molecule has 2 rings (SSSR count). The second kappa shape index (κ2) is 4.25. The maximum absolute atomic E-state index is 11.9. The molecular weight excluding hydrogens is 224 g/mol. The summed E-state index contributed by atoms with van der Waals surface area (Å²) in [5.74, 6) is -0.484. The largest absolute Gasteiger partial charge is 0.497 e. The zero-order chi connectivity index (χ0) is 12.4. The molecule has 17 heavy (non-hydrogen) atoms. The van der Waals surface area contributed by atoms with Gasteiger partial charge in [0.15, 0.2) is 0 Å². The van der Waals surface area contributed by atoms with Crippen LogP contribution >= 0.6 is 0 Å². The van der Waals surface area contributed by atoms with Gasteiger partial charge < -0.3 is 9.84 Å². The molecule has 0 aliphatic rings. The molecule has 1 aromatic carbocycles. The third-order valence-corrected chi connectivity index (χ3v) is 2.34. The fourth-order valence-electron chi connectivity index (χ4n) is 1.53. The Kier molecular flexibility index (Phi) is 2.78. The predicted molar refractivity (Wildman–Crippen MR) is 60.2 cm³/mol. The number of aromatic nitrogens is 2. The number of hydrogen-bond acceptors (Lipinski definition) is 4. The van der Waals surface area contributed by atoms with Gasteiger partial charge in [-0.05, 0) is 18.2 Å². The van der Waals surface area contributed by atoms with E-state index in [1.807, 2.05) is 0 Å². The summed E-state index contributed by atoms with van der Waals surface area (Å²) in [6.07, 6.45) is 1.45. The van der Waals surface area contributed by atoms with Crippen molar-refractivity contribution in [1.29, 1.82) is 0 Å². The normalized spacial score (nSPS) is 10.4. The molecule has 6 heteroatoms. The van der Waals surface area contributed by atoms with Crippen LogP contribution in [0.5, 0.6) is 5.75 Å². The number of hydrogen-bond donors (Lipinski definition) is 1. The first-order chi connectivity index (χ1) is 8.11. The van der Waals surface area contributed by atoms with Gasteiger partial charge in [0.05, 0.1) is 18.7 Å². The molecule has 88 valence electrons. The number of methoxy groups -OCH3 is 1. The summed E-state index contributed by atoms with van der Waals surface area (Å²) in [5.41, 5.74) is -0.424. The van der Waals surface area contributed by atoms with Crippen LogP contribution in [0.1, 0.15) is 0 Å². The average molecular weight is 234 g/mol. The summed E-state index contributed by atoms with van der Waals surface area (Å²) in [4.78, 5) is 22.4. The topological polar surface area (TPSA) is 81.4 Å². The monoisotopic (exact) mass is 234 g/mol. The first kappa shape index (κ1) is 11.1. The van der Waals surface area contributed by atoms with Crippen molar-refractivity contribution in [1.82, 2.24) is 9.78 Å². The molecule has 1 N–H and O–H groups in total. The molecule has 0 saturated heterocycles. The summed E-state index contributed by atoms with van der Waals surface area (Å²) in [6.45, 7) is -0.444. The van der Waals surface area contributed by atoms with Gasteiger partial charge in [-0.3, -0.25) is 9.59 Å². The van der Waals surface area contributed by atoms with Gasteiger partial charge in [-0.2, -0.15) is 5.10 Å². The highest BCUT2D eigenvalue weighted by Gasteiger charge is 2.07. The number of carbonyl (C=O) groups is 1. The van der Waals surface area contributed by atoms with Crippen LogP contribution < -0.4 is 10.3 Å². The van der Waals surface area contributed by atoms with Crippen molar-refractivity contribution in [3.05, 3.63) is 34.7 Å². The minimum absolute atomic E-state index is 0.419. The van der Waals surface area contributed by atoms with Crippen molar-refractivity contribution in [2.75, 3.05) is 7.11 Å². The Labute approximate surface area is 96.1 Å². The molecule has 1 aromatic heterocycles. The van der Waals surface area contributed by atoms with E-state index in [0.29, 0.717) is 16.5 Å². The molecule has 0 spiro atoms. The summed E-state index contributed by atoms with van der Waals surface area (Å²) in [7, 11) is 1.53. The number of carboxylic acid groups (broad SMARTS) is 1. The van der Waals surface area contributed by atoms with Crippen LogP contribution in [0.2, 0.25) is 0 Å². The van der Waals surface area contributed by atoms with Crippen LogP contribution in [0.3, 0.4) is 0 Å². The van der Waals surface area contributed by atoms with Crippen molar-refractivity contribution in [3.63, 3.8) is 0 Å². The second-order valence-corrected chi connectivity index (χ2v) is 3.45. The first-order valence-electron chi connectivity index (χ1n) is 4.87. The molecule has 0 aliphatic heterocycles. The van der Waals surface area contributed by atoms with E-state index in [2.05, 4.69) is 5.10 Å². The lowest BCUT2D eigenvalue weighted by molar-refractivity contribution is -0.137. The van der Waals surface area contributed by atoms with Crippen LogP contribution in [0.25, 0.3) is 10.8 Å². The lowest BCUT2D eigenvalue weighted by Crippen LogP contribution is -2.26. The standard InChI is InChI=1S/C11H10N2O4/c1-17-8-2-3-9-7(4-8)5-12-13(11(9)16)6-10(14)15/h2-5H,6H2,1H3,(H,14,15). The lowest BCUT2D eigenvalue weighted by atomic mass is 10.2. The maximum Gasteiger partial charge on any atom is 0.325 e. The van der Waals surface area contributed by atoms with E-state index in [1.165, 1.54) is 13.3 Å². The summed E-state index contributed by atoms with van der Waals surface area (Å²) in [5, 5.41) is 13.5. The van der Waals surface area contributed by atoms with Gasteiger partial charge in [0.2, 0.25) is 0 Å². The molecule has 0 amide bonds. The van der Waals surface area contributed by atoms with Gasteiger partial charge in [0, 0.05) is 5.39 Å². The van der Waals surface area contributed by atoms with E-state index >= 15 is 0 Å². The number of rotatable bonds is 3. The first-order valence-corrected chi connectivity index (χ1v) is 4.87. The zero-order valence-corrected chi connectivity index (χ0v) is 9.08. The van der Waals surface area contributed by atoms with Gasteiger partial charge in [0.25, 0.3) is 5.56 Å². The minimum atomic E-state index is -1.10. The summed E-state index contributed by atoms with van der Waals surface area (Å²) < 4.78 is 5.94. The van der Waals surface area contributed by atoms with Crippen molar-refractivity contribution in [2.24, 2.45) is 0 Å². The quantitative estimate of drug-likeness (QED) is 0.835. The summed E-state index contributed by atoms with van der Waals surface area (Å²) in [6, 6.07) is 4.92. The van der Waals surface area contributed by atoms with Crippen LogP contribution in [0.4, 0.5) is 0 Å². The fourth-order valence-corrected chi connectivity index (χ4v) is 1.53. The van der Waals surface area contributed by atoms with Crippen molar-refractivity contribution in [2.45, 2.75) is 6.54 Å². The predicted octanol–water partition coefficient (Wildman–Crippen LogP) is 0.490. The SMILES string of the molecule is COc1ccc2c(=O)n(CC(=O)O)ncc2c1. The Morgan fingerprint density at radius 2 is 2.29 bits per heavy atom. The van der Waals surface area contributed by atoms with E-state index in [1.54, 1.807) is 18.2 Å². The highest BCUT2D eigenvalue weighted by Crippen LogP contribution is 2.16. The van der Waals surface area contributed by atoms with Crippen LogP contribution in [-0.2, 0) is 11.3 Å². The number of carboxylic acids is 1. The molecule has 0 radical (unpaired) electrons. The smallest absolute Gasteiger partial charge is 0.325 e. The third kappa shape index (κ3) is 2.10. The number of ether oxygens (including phenoxy) is 1. The number of benzene rings is 1. The highest BCUT2D eigenvalue weighted by atomic mass is 16.5. The zero-order valence-electron chi connectivity index (χ0n) is 9.08. The molecule has 1 heterocycles. The van der Waals surface area contributed by atoms with Crippen LogP contribution in [-0.4, -0.2) is 28.0 Å². The van der Waals surface area contributed by atoms with Crippen molar-refractivity contribution >= 4 is 16.7 Å². The molecule has 0 atom stereocenters. The Balaban J connectivity index is 2.60. The maximum atomic E-state index is 11.9. The van der Waals surface area contributed by atoms with Gasteiger partial charge in [-0.15, -0.1) is 0 Å². The van der Waals surface area contributed by atoms with Crippen LogP contribution in [0, 0.1) is 0 Å². The Morgan fingerprint density at radius 3 is 2.94 bits per heavy atom. The van der Waals surface area contributed by atoms with Crippen molar-refractivity contribution < 1.29 is 14.6 Å². The molecule has 0 aliphatic carbocycles. The Hall–Kier alpha value is -2.37. The van der Waals surface area contributed by atoms with E-state index in [9.17, 15) is 9.59 Å². The highest BCUT2D eigenvalue weighted by molar-refractivity contribution is 5.82. The Morgan fingerprint density at radius 1 is 1.53 bits per heavy atom. The average Bonchev–Trinajstić information content (AvgIpc) is 2.32. The molecule has 0 fully saturated rings. The van der Waals surface area contributed by atoms with E-state index in [-0.39, 0.29) is 0 Å². The van der Waals surface area contributed by atoms with Crippen molar-refractivity contribution in [3.8, 4) is 5.75 Å². The van der Waals surface area contributed by atoms with Gasteiger partial charge in [-0.1, -0.05) is 0 Å². The van der Waals surface area contributed by atoms with Crippen LogP contribution in [0.15, 0.2) is 29.2 Å². The number of aliphatic carboxylic acids is 1. The number of nitrogens with zero attached hydrogens (tertiary/aromatic N) is 2. The molecule has 0 unspecified atom stereocenters. The van der Waals surface area contributed by atoms with E-state index < -0.39 is 18.1 Å². The molecule has 0 bridgehead atoms. The molecule has 0 saturated carbocycles. The van der Waals surface area contributed by atoms with Gasteiger partial charge in [-0.25, -0.2) is 4.68 Å². The van der Waals surface area contributed by atoms with E-state index in [0.717, 1.165) is 4.68 Å². The molecule has 2 aromatic rings. The summed E-state index contributed by atoms with van der Waals surface area (Å²) >= 11 is 0. The second-order valence-electron chi connectivity index (χ2n) is 3.45. The third-order valence-electron chi connectivity index (χ3n) is 2.34. The van der Waals surface area contributed by atoms with Gasteiger partial charge >= 0.3 is 5.97 Å². The fraction of sp³-hybridized carbons (Fsp3) is 0.182. The number of fused-ring (bicyclic) bond motifs is 1. The lowest BCUT2D eigenvalue weighted by Gasteiger charge is -2.04. The molecular formula is C11H10N2O4. The van der Waals surface area contributed by atoms with Gasteiger partial charge in [0.1, 0.15) is 12.3 Å². The Bertz CT molecular complexity index is 633. The van der Waals surface area contributed by atoms with E-state index in [4.69, 9.17) is 9.84 Å².